The molecule has 25 heavy (non-hydrogen) atoms. The van der Waals surface area contributed by atoms with Crippen LogP contribution in [0, 0.1) is 0 Å². The maximum atomic E-state index is 12.7. The molecule has 2 heterocycles. The molecule has 0 saturated carbocycles. The Morgan fingerprint density at radius 3 is 2.80 bits per heavy atom. The molecule has 0 spiro atoms. The van der Waals surface area contributed by atoms with Crippen LogP contribution in [0.5, 0.6) is 0 Å². The first-order chi connectivity index (χ1) is 12.0. The lowest BCUT2D eigenvalue weighted by Crippen LogP contribution is -2.46. The Hall–Kier alpha value is -1.56. The maximum absolute atomic E-state index is 12.7. The molecule has 0 aliphatic carbocycles. The van der Waals surface area contributed by atoms with E-state index < -0.39 is 6.04 Å². The zero-order valence-corrected chi connectivity index (χ0v) is 16.0. The van der Waals surface area contributed by atoms with Crippen LogP contribution in [0.1, 0.15) is 41.0 Å². The van der Waals surface area contributed by atoms with E-state index in [9.17, 15) is 9.59 Å². The minimum atomic E-state index is -0.442. The van der Waals surface area contributed by atoms with E-state index >= 15 is 0 Å². The number of halogens is 2. The van der Waals surface area contributed by atoms with E-state index in [1.54, 1.807) is 29.2 Å². The van der Waals surface area contributed by atoms with Crippen molar-refractivity contribution in [3.8, 4) is 0 Å². The van der Waals surface area contributed by atoms with Crippen LogP contribution in [0.15, 0.2) is 35.7 Å². The first-order valence-electron chi connectivity index (χ1n) is 8.07. The normalized spacial score (nSPS) is 18.2. The zero-order chi connectivity index (χ0) is 18.0. The van der Waals surface area contributed by atoms with E-state index in [1.807, 2.05) is 18.4 Å². The molecule has 0 radical (unpaired) electrons. The fourth-order valence-electron chi connectivity index (χ4n) is 3.06. The van der Waals surface area contributed by atoms with Crippen molar-refractivity contribution < 1.29 is 9.59 Å². The number of benzene rings is 1. The first-order valence-corrected chi connectivity index (χ1v) is 9.70. The van der Waals surface area contributed by atoms with Crippen LogP contribution in [0.25, 0.3) is 0 Å². The summed E-state index contributed by atoms with van der Waals surface area (Å²) >= 11 is 13.5. The summed E-state index contributed by atoms with van der Waals surface area (Å²) in [6.07, 6.45) is 1.50. The average Bonchev–Trinajstić information content (AvgIpc) is 3.25. The van der Waals surface area contributed by atoms with E-state index in [2.05, 4.69) is 5.32 Å². The Morgan fingerprint density at radius 1 is 1.32 bits per heavy atom. The van der Waals surface area contributed by atoms with E-state index in [0.717, 1.165) is 12.0 Å². The van der Waals surface area contributed by atoms with Crippen molar-refractivity contribution in [3.63, 3.8) is 0 Å². The van der Waals surface area contributed by atoms with Crippen LogP contribution in [-0.4, -0.2) is 29.3 Å². The smallest absolute Gasteiger partial charge is 0.264 e. The van der Waals surface area contributed by atoms with Gasteiger partial charge in [-0.05, 0) is 48.9 Å². The number of carbonyl (C=O) groups is 2. The van der Waals surface area contributed by atoms with Crippen LogP contribution >= 0.6 is 34.5 Å². The number of nitrogens with one attached hydrogen (secondary N) is 1. The molecule has 2 amide bonds. The van der Waals surface area contributed by atoms with Gasteiger partial charge in [-0.1, -0.05) is 35.3 Å². The first kappa shape index (κ1) is 18.2. The highest BCUT2D eigenvalue weighted by molar-refractivity contribution is 7.12. The summed E-state index contributed by atoms with van der Waals surface area (Å²) in [6, 6.07) is 8.12. The van der Waals surface area contributed by atoms with Gasteiger partial charge in [-0.3, -0.25) is 9.59 Å². The number of carbonyl (C=O) groups excluding carboxylic acids is 2. The molecule has 1 fully saturated rings. The van der Waals surface area contributed by atoms with Gasteiger partial charge in [0.25, 0.3) is 5.91 Å². The number of amides is 2. The molecule has 2 aromatic rings. The van der Waals surface area contributed by atoms with Gasteiger partial charge in [0.1, 0.15) is 6.04 Å². The highest BCUT2D eigenvalue weighted by Crippen LogP contribution is 2.27. The van der Waals surface area contributed by atoms with Crippen molar-refractivity contribution in [2.45, 2.75) is 31.8 Å². The summed E-state index contributed by atoms with van der Waals surface area (Å²) in [5.41, 5.74) is 0.800. The second kappa shape index (κ2) is 7.77. The van der Waals surface area contributed by atoms with E-state index in [0.29, 0.717) is 27.9 Å². The monoisotopic (exact) mass is 396 g/mol. The average molecular weight is 397 g/mol. The molecular formula is C18H18Cl2N2O2S. The number of hydrogen-bond donors (Lipinski definition) is 1. The second-order valence-corrected chi connectivity index (χ2v) is 7.82. The van der Waals surface area contributed by atoms with Gasteiger partial charge in [0.05, 0.1) is 10.9 Å². The van der Waals surface area contributed by atoms with Gasteiger partial charge in [0.2, 0.25) is 5.91 Å². The second-order valence-electron chi connectivity index (χ2n) is 6.03. The van der Waals surface area contributed by atoms with Gasteiger partial charge in [-0.15, -0.1) is 11.3 Å². The Balaban J connectivity index is 1.70. The lowest BCUT2D eigenvalue weighted by molar-refractivity contribution is -0.125. The lowest BCUT2D eigenvalue weighted by atomic mass is 10.1. The minimum Gasteiger partial charge on any atom is -0.348 e. The van der Waals surface area contributed by atoms with Crippen LogP contribution < -0.4 is 5.32 Å². The molecule has 1 N–H and O–H groups in total. The molecule has 2 atom stereocenters. The molecule has 7 heteroatoms. The quantitative estimate of drug-likeness (QED) is 0.824. The molecule has 1 aromatic heterocycles. The van der Waals surface area contributed by atoms with Crippen molar-refractivity contribution in [1.29, 1.82) is 0 Å². The van der Waals surface area contributed by atoms with Crippen LogP contribution in [0.2, 0.25) is 10.0 Å². The molecule has 0 bridgehead atoms. The molecule has 1 saturated heterocycles. The maximum Gasteiger partial charge on any atom is 0.264 e. The summed E-state index contributed by atoms with van der Waals surface area (Å²) < 4.78 is 0. The number of rotatable bonds is 4. The fourth-order valence-corrected chi connectivity index (χ4v) is 4.32. The molecule has 132 valence electrons. The Morgan fingerprint density at radius 2 is 2.12 bits per heavy atom. The number of nitrogens with zero attached hydrogens (tertiary/aromatic N) is 1. The third-order valence-corrected chi connectivity index (χ3v) is 5.76. The molecule has 3 rings (SSSR count). The highest BCUT2D eigenvalue weighted by Gasteiger charge is 2.35. The largest absolute Gasteiger partial charge is 0.348 e. The number of thiophene rings is 1. The van der Waals surface area contributed by atoms with E-state index in [1.165, 1.54) is 11.3 Å². The van der Waals surface area contributed by atoms with Crippen molar-refractivity contribution in [1.82, 2.24) is 10.2 Å². The molecule has 4 nitrogen and oxygen atoms in total. The topological polar surface area (TPSA) is 49.4 Å². The minimum absolute atomic E-state index is 0.0789. The zero-order valence-electron chi connectivity index (χ0n) is 13.7. The highest BCUT2D eigenvalue weighted by atomic mass is 35.5. The van der Waals surface area contributed by atoms with Crippen molar-refractivity contribution in [3.05, 3.63) is 56.2 Å². The van der Waals surface area contributed by atoms with Crippen LogP contribution in [-0.2, 0) is 4.79 Å². The van der Waals surface area contributed by atoms with Crippen molar-refractivity contribution in [2.24, 2.45) is 0 Å². The summed E-state index contributed by atoms with van der Waals surface area (Å²) in [4.78, 5) is 27.6. The van der Waals surface area contributed by atoms with Gasteiger partial charge in [-0.2, -0.15) is 0 Å². The van der Waals surface area contributed by atoms with Crippen LogP contribution in [0.4, 0.5) is 0 Å². The molecule has 0 unspecified atom stereocenters. The predicted octanol–water partition coefficient (Wildman–Crippen LogP) is 4.54. The third kappa shape index (κ3) is 4.00. The molecule has 1 aromatic carbocycles. The number of hydrogen-bond acceptors (Lipinski definition) is 3. The van der Waals surface area contributed by atoms with Gasteiger partial charge in [0.15, 0.2) is 0 Å². The van der Waals surface area contributed by atoms with Gasteiger partial charge in [0, 0.05) is 16.6 Å². The van der Waals surface area contributed by atoms with Crippen molar-refractivity contribution in [2.75, 3.05) is 6.54 Å². The van der Waals surface area contributed by atoms with Gasteiger partial charge < -0.3 is 10.2 Å². The van der Waals surface area contributed by atoms with E-state index in [-0.39, 0.29) is 17.9 Å². The summed E-state index contributed by atoms with van der Waals surface area (Å²) in [7, 11) is 0. The Bertz CT molecular complexity index is 779. The summed E-state index contributed by atoms with van der Waals surface area (Å²) in [6.45, 7) is 2.47. The molecule has 1 aliphatic heterocycles. The summed E-state index contributed by atoms with van der Waals surface area (Å²) in [5, 5.41) is 5.90. The third-order valence-electron chi connectivity index (χ3n) is 4.34. The van der Waals surface area contributed by atoms with Crippen LogP contribution in [0.3, 0.4) is 0 Å². The number of likely N-dealkylation sites (tertiary alicyclic amines) is 1. The van der Waals surface area contributed by atoms with Gasteiger partial charge >= 0.3 is 0 Å². The SMILES string of the molecule is C[C@@H](NC(=O)[C@@H]1CCCN1C(=O)c1cccs1)c1ccc(Cl)cc1Cl. The van der Waals surface area contributed by atoms with Crippen molar-refractivity contribution >= 4 is 46.4 Å². The lowest BCUT2D eigenvalue weighted by Gasteiger charge is -2.25. The standard InChI is InChI=1S/C18H18Cl2N2O2S/c1-11(13-7-6-12(19)10-14(13)20)21-17(23)15-4-2-8-22(15)18(24)16-5-3-9-25-16/h3,5-7,9-11,15H,2,4,8H2,1H3,(H,21,23)/t11-,15+/m1/s1. The predicted molar refractivity (Wildman–Crippen MR) is 101 cm³/mol. The summed E-state index contributed by atoms with van der Waals surface area (Å²) in [5.74, 6) is -0.231. The van der Waals surface area contributed by atoms with E-state index in [4.69, 9.17) is 23.2 Å². The fraction of sp³-hybridized carbons (Fsp3) is 0.333. The Labute approximate surface area is 160 Å². The molecule has 1 aliphatic rings. The molecular weight excluding hydrogens is 379 g/mol. The Kier molecular flexibility index (Phi) is 5.67. The van der Waals surface area contributed by atoms with Gasteiger partial charge in [-0.25, -0.2) is 0 Å².